The maximum atomic E-state index is 12.3. The lowest BCUT2D eigenvalue weighted by Crippen LogP contribution is -2.32. The predicted molar refractivity (Wildman–Crippen MR) is 86.0 cm³/mol. The van der Waals surface area contributed by atoms with Crippen LogP contribution >= 0.6 is 11.3 Å². The molecular weight excluding hydrogens is 266 g/mol. The Hall–Kier alpha value is -0.830. The molecule has 1 aliphatic rings. The Labute approximate surface area is 127 Å². The molecule has 0 N–H and O–H groups in total. The number of nitrogens with zero attached hydrogens (tertiary/aromatic N) is 1. The lowest BCUT2D eigenvalue weighted by molar-refractivity contribution is -0.131. The van der Waals surface area contributed by atoms with Crippen LogP contribution in [-0.4, -0.2) is 23.9 Å². The molecule has 2 heterocycles. The molecule has 112 valence electrons. The van der Waals surface area contributed by atoms with Gasteiger partial charge in [-0.2, -0.15) is 0 Å². The molecule has 0 aliphatic carbocycles. The summed E-state index contributed by atoms with van der Waals surface area (Å²) in [6.45, 7) is 6.56. The van der Waals surface area contributed by atoms with Gasteiger partial charge in [0, 0.05) is 24.4 Å². The molecule has 1 aromatic heterocycles. The minimum Gasteiger partial charge on any atom is -0.343 e. The second-order valence-electron chi connectivity index (χ2n) is 6.25. The fraction of sp³-hybridized carbons (Fsp3) is 0.706. The first-order valence-electron chi connectivity index (χ1n) is 7.97. The minimum atomic E-state index is 0.367. The fourth-order valence-corrected chi connectivity index (χ4v) is 3.82. The molecule has 2 nitrogen and oxygen atoms in total. The number of carbonyl (C=O) groups excluding carboxylic acids is 1. The summed E-state index contributed by atoms with van der Waals surface area (Å²) < 4.78 is 0. The summed E-state index contributed by atoms with van der Waals surface area (Å²) in [5, 5.41) is 2.11. The Kier molecular flexibility index (Phi) is 6.08. The second-order valence-corrected chi connectivity index (χ2v) is 7.28. The van der Waals surface area contributed by atoms with Crippen molar-refractivity contribution in [3.63, 3.8) is 0 Å². The van der Waals surface area contributed by atoms with Gasteiger partial charge in [0.25, 0.3) is 0 Å². The van der Waals surface area contributed by atoms with E-state index in [2.05, 4.69) is 36.3 Å². The zero-order valence-electron chi connectivity index (χ0n) is 12.8. The zero-order chi connectivity index (χ0) is 14.4. The highest BCUT2D eigenvalue weighted by Gasteiger charge is 2.21. The Balaban J connectivity index is 1.72. The van der Waals surface area contributed by atoms with E-state index in [0.29, 0.717) is 12.3 Å². The number of aryl methyl sites for hydroxylation is 1. The molecule has 1 fully saturated rings. The molecule has 2 rings (SSSR count). The second kappa shape index (κ2) is 7.82. The van der Waals surface area contributed by atoms with Gasteiger partial charge in [0.15, 0.2) is 0 Å². The van der Waals surface area contributed by atoms with Crippen molar-refractivity contribution in [3.8, 4) is 0 Å². The smallest absolute Gasteiger partial charge is 0.222 e. The molecular formula is C17H27NOS. The van der Waals surface area contributed by atoms with Gasteiger partial charge in [0.2, 0.25) is 5.91 Å². The van der Waals surface area contributed by atoms with Crippen molar-refractivity contribution in [1.82, 2.24) is 4.90 Å². The molecule has 1 amide bonds. The maximum absolute atomic E-state index is 12.3. The van der Waals surface area contributed by atoms with Crippen molar-refractivity contribution in [3.05, 3.63) is 22.4 Å². The summed E-state index contributed by atoms with van der Waals surface area (Å²) in [6, 6.07) is 4.25. The molecule has 0 saturated carbocycles. The van der Waals surface area contributed by atoms with E-state index in [9.17, 15) is 4.79 Å². The van der Waals surface area contributed by atoms with Crippen LogP contribution in [0.5, 0.6) is 0 Å². The Morgan fingerprint density at radius 1 is 1.40 bits per heavy atom. The van der Waals surface area contributed by atoms with Gasteiger partial charge in [-0.3, -0.25) is 4.79 Å². The summed E-state index contributed by atoms with van der Waals surface area (Å²) in [6.07, 6.45) is 6.41. The average Bonchev–Trinajstić information content (AvgIpc) is 2.80. The molecule has 0 radical (unpaired) electrons. The first kappa shape index (κ1) is 15.6. The highest BCUT2D eigenvalue weighted by Crippen LogP contribution is 2.25. The molecule has 1 unspecified atom stereocenters. The molecule has 3 heteroatoms. The van der Waals surface area contributed by atoms with Gasteiger partial charge in [-0.05, 0) is 55.4 Å². The molecule has 1 aliphatic heterocycles. The molecule has 1 aromatic rings. The van der Waals surface area contributed by atoms with Gasteiger partial charge in [-0.25, -0.2) is 0 Å². The zero-order valence-corrected chi connectivity index (χ0v) is 13.6. The monoisotopic (exact) mass is 293 g/mol. The van der Waals surface area contributed by atoms with Crippen LogP contribution in [0.4, 0.5) is 0 Å². The Morgan fingerprint density at radius 2 is 2.25 bits per heavy atom. The third-order valence-electron chi connectivity index (χ3n) is 4.46. The molecule has 0 spiro atoms. The lowest BCUT2D eigenvalue weighted by Gasteiger charge is -2.21. The van der Waals surface area contributed by atoms with Crippen LogP contribution in [0.2, 0.25) is 0 Å². The molecule has 0 bridgehead atoms. The summed E-state index contributed by atoms with van der Waals surface area (Å²) in [4.78, 5) is 15.8. The highest BCUT2D eigenvalue weighted by atomic mass is 32.1. The number of carbonyl (C=O) groups is 1. The van der Waals surface area contributed by atoms with Crippen molar-refractivity contribution in [1.29, 1.82) is 0 Å². The molecule has 1 saturated heterocycles. The maximum Gasteiger partial charge on any atom is 0.222 e. The summed E-state index contributed by atoms with van der Waals surface area (Å²) in [7, 11) is 0. The van der Waals surface area contributed by atoms with Crippen LogP contribution in [0.15, 0.2) is 17.5 Å². The van der Waals surface area contributed by atoms with Gasteiger partial charge in [-0.15, -0.1) is 11.3 Å². The van der Waals surface area contributed by atoms with Gasteiger partial charge < -0.3 is 4.90 Å². The predicted octanol–water partition coefficient (Wildman–Crippen LogP) is 4.36. The Morgan fingerprint density at radius 3 is 2.95 bits per heavy atom. The van der Waals surface area contributed by atoms with Crippen LogP contribution in [0, 0.1) is 11.8 Å². The van der Waals surface area contributed by atoms with E-state index in [1.807, 2.05) is 0 Å². The highest BCUT2D eigenvalue weighted by molar-refractivity contribution is 7.09. The largest absolute Gasteiger partial charge is 0.343 e. The number of likely N-dealkylation sites (tertiary alicyclic amines) is 1. The van der Waals surface area contributed by atoms with E-state index in [0.717, 1.165) is 37.8 Å². The van der Waals surface area contributed by atoms with Crippen LogP contribution in [-0.2, 0) is 11.2 Å². The van der Waals surface area contributed by atoms with E-state index in [1.54, 1.807) is 11.3 Å². The molecule has 0 aromatic carbocycles. The van der Waals surface area contributed by atoms with Gasteiger partial charge in [-0.1, -0.05) is 19.9 Å². The van der Waals surface area contributed by atoms with E-state index < -0.39 is 0 Å². The fourth-order valence-electron chi connectivity index (χ4n) is 3.06. The van der Waals surface area contributed by atoms with Crippen LogP contribution < -0.4 is 0 Å². The number of hydrogen-bond acceptors (Lipinski definition) is 2. The van der Waals surface area contributed by atoms with Gasteiger partial charge in [0.05, 0.1) is 0 Å². The van der Waals surface area contributed by atoms with Crippen LogP contribution in [0.25, 0.3) is 0 Å². The average molecular weight is 293 g/mol. The van der Waals surface area contributed by atoms with Gasteiger partial charge >= 0.3 is 0 Å². The normalized spacial score (nSPS) is 20.1. The first-order chi connectivity index (χ1) is 9.66. The van der Waals surface area contributed by atoms with Crippen molar-refractivity contribution in [2.75, 3.05) is 13.1 Å². The SMILES string of the molecule is CC(C)C1CCCN(C(=O)CCCc2cccs2)CC1. The quantitative estimate of drug-likeness (QED) is 0.790. The summed E-state index contributed by atoms with van der Waals surface area (Å²) >= 11 is 1.79. The van der Waals surface area contributed by atoms with Crippen molar-refractivity contribution in [2.24, 2.45) is 11.8 Å². The third-order valence-corrected chi connectivity index (χ3v) is 5.40. The van der Waals surface area contributed by atoms with E-state index >= 15 is 0 Å². The van der Waals surface area contributed by atoms with Crippen molar-refractivity contribution >= 4 is 17.2 Å². The van der Waals surface area contributed by atoms with Crippen LogP contribution in [0.1, 0.15) is 50.8 Å². The van der Waals surface area contributed by atoms with Gasteiger partial charge in [0.1, 0.15) is 0 Å². The van der Waals surface area contributed by atoms with E-state index in [1.165, 1.54) is 24.1 Å². The van der Waals surface area contributed by atoms with E-state index in [-0.39, 0.29) is 0 Å². The minimum absolute atomic E-state index is 0.367. The number of rotatable bonds is 5. The number of thiophene rings is 1. The van der Waals surface area contributed by atoms with E-state index in [4.69, 9.17) is 0 Å². The number of amides is 1. The van der Waals surface area contributed by atoms with Crippen molar-refractivity contribution in [2.45, 2.75) is 52.4 Å². The molecule has 1 atom stereocenters. The summed E-state index contributed by atoms with van der Waals surface area (Å²) in [5.74, 6) is 1.92. The standard InChI is InChI=1S/C17H27NOS/c1-14(2)15-6-4-11-18(12-10-15)17(19)9-3-7-16-8-5-13-20-16/h5,8,13-15H,3-4,6-7,9-12H2,1-2H3. The third kappa shape index (κ3) is 4.62. The van der Waals surface area contributed by atoms with Crippen molar-refractivity contribution < 1.29 is 4.79 Å². The molecule has 20 heavy (non-hydrogen) atoms. The lowest BCUT2D eigenvalue weighted by atomic mass is 9.89. The first-order valence-corrected chi connectivity index (χ1v) is 8.85. The topological polar surface area (TPSA) is 20.3 Å². The summed E-state index contributed by atoms with van der Waals surface area (Å²) in [5.41, 5.74) is 0. The Bertz CT molecular complexity index is 399. The number of hydrogen-bond donors (Lipinski definition) is 0. The van der Waals surface area contributed by atoms with Crippen LogP contribution in [0.3, 0.4) is 0 Å².